The summed E-state index contributed by atoms with van der Waals surface area (Å²) in [4.78, 5) is 13.7. The van der Waals surface area contributed by atoms with E-state index < -0.39 is 0 Å². The quantitative estimate of drug-likeness (QED) is 0.725. The second-order valence-electron chi connectivity index (χ2n) is 5.24. The maximum Gasteiger partial charge on any atom is 0.222 e. The molecule has 0 saturated heterocycles. The molecule has 4 heteroatoms. The van der Waals surface area contributed by atoms with Crippen molar-refractivity contribution in [2.45, 2.75) is 39.5 Å². The van der Waals surface area contributed by atoms with E-state index in [4.69, 9.17) is 9.47 Å². The van der Waals surface area contributed by atoms with Gasteiger partial charge in [0.15, 0.2) is 0 Å². The van der Waals surface area contributed by atoms with Gasteiger partial charge in [-0.1, -0.05) is 0 Å². The normalized spacial score (nSPS) is 13.2. The summed E-state index contributed by atoms with van der Waals surface area (Å²) in [5.74, 6) is 2.06. The van der Waals surface area contributed by atoms with Gasteiger partial charge in [0.2, 0.25) is 5.91 Å². The fourth-order valence-corrected chi connectivity index (χ4v) is 2.57. The zero-order valence-corrected chi connectivity index (χ0v) is 13.1. The summed E-state index contributed by atoms with van der Waals surface area (Å²) < 4.78 is 11.3. The van der Waals surface area contributed by atoms with Crippen LogP contribution in [0.15, 0.2) is 18.2 Å². The molecule has 1 aliphatic heterocycles. The van der Waals surface area contributed by atoms with Gasteiger partial charge in [0, 0.05) is 19.5 Å². The van der Waals surface area contributed by atoms with Crippen LogP contribution in [0.4, 0.5) is 0 Å². The van der Waals surface area contributed by atoms with Gasteiger partial charge in [0.25, 0.3) is 0 Å². The number of carbonyl (C=O) groups excluding carboxylic acids is 1. The van der Waals surface area contributed by atoms with Crippen LogP contribution in [-0.4, -0.2) is 37.1 Å². The van der Waals surface area contributed by atoms with Gasteiger partial charge in [-0.3, -0.25) is 4.79 Å². The van der Waals surface area contributed by atoms with Crippen molar-refractivity contribution < 1.29 is 14.3 Å². The number of aryl methyl sites for hydroxylation is 1. The van der Waals surface area contributed by atoms with Gasteiger partial charge in [-0.2, -0.15) is 0 Å². The maximum atomic E-state index is 11.9. The first kappa shape index (κ1) is 15.7. The third-order valence-corrected chi connectivity index (χ3v) is 3.80. The lowest BCUT2D eigenvalue weighted by Gasteiger charge is -2.19. The number of fused-ring (bicyclic) bond motifs is 1. The van der Waals surface area contributed by atoms with Crippen molar-refractivity contribution in [3.05, 3.63) is 23.8 Å². The van der Waals surface area contributed by atoms with Crippen LogP contribution in [-0.2, 0) is 11.2 Å². The zero-order valence-electron chi connectivity index (χ0n) is 13.1. The molecule has 0 unspecified atom stereocenters. The Morgan fingerprint density at radius 3 is 2.90 bits per heavy atom. The third kappa shape index (κ3) is 4.38. The summed E-state index contributed by atoms with van der Waals surface area (Å²) in [7, 11) is 0. The molecule has 21 heavy (non-hydrogen) atoms. The van der Waals surface area contributed by atoms with Crippen LogP contribution in [0, 0.1) is 0 Å². The summed E-state index contributed by atoms with van der Waals surface area (Å²) in [5, 5.41) is 0. The number of ether oxygens (including phenoxy) is 2. The topological polar surface area (TPSA) is 38.8 Å². The molecular weight excluding hydrogens is 266 g/mol. The Balaban J connectivity index is 1.75. The van der Waals surface area contributed by atoms with Gasteiger partial charge in [-0.25, -0.2) is 0 Å². The van der Waals surface area contributed by atoms with E-state index in [1.165, 1.54) is 5.56 Å². The number of nitrogens with zero attached hydrogens (tertiary/aromatic N) is 1. The Hall–Kier alpha value is -1.71. The van der Waals surface area contributed by atoms with Crippen LogP contribution in [0.25, 0.3) is 0 Å². The SMILES string of the molecule is CCN(CC)C(=O)CCCOc1ccc2c(c1)CCCO2. The van der Waals surface area contributed by atoms with Crippen molar-refractivity contribution in [2.24, 2.45) is 0 Å². The first-order chi connectivity index (χ1) is 10.2. The molecule has 1 amide bonds. The minimum Gasteiger partial charge on any atom is -0.494 e. The van der Waals surface area contributed by atoms with Gasteiger partial charge >= 0.3 is 0 Å². The first-order valence-corrected chi connectivity index (χ1v) is 7.91. The van der Waals surface area contributed by atoms with Crippen LogP contribution in [0.1, 0.15) is 38.7 Å². The van der Waals surface area contributed by atoms with E-state index >= 15 is 0 Å². The number of amides is 1. The smallest absolute Gasteiger partial charge is 0.222 e. The van der Waals surface area contributed by atoms with Crippen LogP contribution in [0.2, 0.25) is 0 Å². The average molecular weight is 291 g/mol. The number of hydrogen-bond acceptors (Lipinski definition) is 3. The van der Waals surface area contributed by atoms with Crippen molar-refractivity contribution in [2.75, 3.05) is 26.3 Å². The largest absolute Gasteiger partial charge is 0.494 e. The summed E-state index contributed by atoms with van der Waals surface area (Å²) in [6.45, 7) is 6.95. The molecule has 0 N–H and O–H groups in total. The van der Waals surface area contributed by atoms with Gasteiger partial charge < -0.3 is 14.4 Å². The monoisotopic (exact) mass is 291 g/mol. The second kappa shape index (κ2) is 7.91. The Morgan fingerprint density at radius 1 is 1.33 bits per heavy atom. The zero-order chi connectivity index (χ0) is 15.1. The fourth-order valence-electron chi connectivity index (χ4n) is 2.57. The van der Waals surface area contributed by atoms with Crippen molar-refractivity contribution >= 4 is 5.91 Å². The lowest BCUT2D eigenvalue weighted by Crippen LogP contribution is -2.30. The van der Waals surface area contributed by atoms with E-state index in [0.29, 0.717) is 13.0 Å². The van der Waals surface area contributed by atoms with Crippen molar-refractivity contribution in [1.82, 2.24) is 4.90 Å². The van der Waals surface area contributed by atoms with Gasteiger partial charge in [0.1, 0.15) is 11.5 Å². The van der Waals surface area contributed by atoms with E-state index in [-0.39, 0.29) is 5.91 Å². The molecule has 1 aliphatic rings. The maximum absolute atomic E-state index is 11.9. The molecule has 1 heterocycles. The molecule has 0 fully saturated rings. The van der Waals surface area contributed by atoms with Crippen molar-refractivity contribution in [1.29, 1.82) is 0 Å². The summed E-state index contributed by atoms with van der Waals surface area (Å²) in [6, 6.07) is 5.97. The van der Waals surface area contributed by atoms with E-state index in [9.17, 15) is 4.79 Å². The highest BCUT2D eigenvalue weighted by Gasteiger charge is 2.11. The Kier molecular flexibility index (Phi) is 5.90. The van der Waals surface area contributed by atoms with Crippen molar-refractivity contribution in [3.63, 3.8) is 0 Å². The summed E-state index contributed by atoms with van der Waals surface area (Å²) in [6.07, 6.45) is 3.42. The summed E-state index contributed by atoms with van der Waals surface area (Å²) in [5.41, 5.74) is 1.22. The van der Waals surface area contributed by atoms with Gasteiger partial charge in [-0.15, -0.1) is 0 Å². The predicted molar refractivity (Wildman–Crippen MR) is 82.9 cm³/mol. The van der Waals surface area contributed by atoms with E-state index in [1.807, 2.05) is 30.9 Å². The average Bonchev–Trinajstić information content (AvgIpc) is 2.52. The minimum absolute atomic E-state index is 0.211. The molecule has 4 nitrogen and oxygen atoms in total. The molecule has 1 aromatic carbocycles. The minimum atomic E-state index is 0.211. The van der Waals surface area contributed by atoms with Crippen LogP contribution < -0.4 is 9.47 Å². The number of carbonyl (C=O) groups is 1. The molecule has 0 atom stereocenters. The molecule has 0 radical (unpaired) electrons. The molecule has 0 bridgehead atoms. The first-order valence-electron chi connectivity index (χ1n) is 7.91. The number of hydrogen-bond donors (Lipinski definition) is 0. The Bertz CT molecular complexity index is 469. The molecule has 1 aromatic rings. The van der Waals surface area contributed by atoms with Crippen LogP contribution in [0.5, 0.6) is 11.5 Å². The van der Waals surface area contributed by atoms with Crippen LogP contribution >= 0.6 is 0 Å². The second-order valence-corrected chi connectivity index (χ2v) is 5.24. The van der Waals surface area contributed by atoms with Gasteiger partial charge in [-0.05, 0) is 56.9 Å². The number of benzene rings is 1. The molecule has 0 aliphatic carbocycles. The highest BCUT2D eigenvalue weighted by atomic mass is 16.5. The van der Waals surface area contributed by atoms with Gasteiger partial charge in [0.05, 0.1) is 13.2 Å². The predicted octanol–water partition coefficient (Wildman–Crippen LogP) is 3.04. The molecule has 2 rings (SSSR count). The third-order valence-electron chi connectivity index (χ3n) is 3.80. The van der Waals surface area contributed by atoms with E-state index in [1.54, 1.807) is 0 Å². The van der Waals surface area contributed by atoms with Crippen LogP contribution in [0.3, 0.4) is 0 Å². The van der Waals surface area contributed by atoms with E-state index in [0.717, 1.165) is 50.5 Å². The highest BCUT2D eigenvalue weighted by Crippen LogP contribution is 2.28. The lowest BCUT2D eigenvalue weighted by molar-refractivity contribution is -0.131. The Labute approximate surface area is 127 Å². The lowest BCUT2D eigenvalue weighted by atomic mass is 10.1. The summed E-state index contributed by atoms with van der Waals surface area (Å²) >= 11 is 0. The molecule has 0 spiro atoms. The molecule has 116 valence electrons. The van der Waals surface area contributed by atoms with E-state index in [2.05, 4.69) is 6.07 Å². The Morgan fingerprint density at radius 2 is 2.14 bits per heavy atom. The molecular formula is C17H25NO3. The number of rotatable bonds is 7. The fraction of sp³-hybridized carbons (Fsp3) is 0.588. The molecule has 0 aromatic heterocycles. The standard InChI is InChI=1S/C17H25NO3/c1-3-18(4-2)17(19)8-6-11-20-15-9-10-16-14(13-15)7-5-12-21-16/h9-10,13H,3-8,11-12H2,1-2H3. The molecule has 0 saturated carbocycles. The highest BCUT2D eigenvalue weighted by molar-refractivity contribution is 5.76. The van der Waals surface area contributed by atoms with Crippen molar-refractivity contribution in [3.8, 4) is 11.5 Å².